The SMILES string of the molecule is Cc1c(C(=O)Nc2ccc(-c3ccc4nnc(-c5cccnc5)n4n3)cc2)cccc1[N+](=O)[O-]. The Kier molecular flexibility index (Phi) is 5.23. The van der Waals surface area contributed by atoms with Crippen molar-refractivity contribution in [2.75, 3.05) is 5.32 Å². The van der Waals surface area contributed by atoms with Gasteiger partial charge in [-0.05, 0) is 49.4 Å². The van der Waals surface area contributed by atoms with Gasteiger partial charge in [-0.1, -0.05) is 18.2 Å². The fourth-order valence-corrected chi connectivity index (χ4v) is 3.61. The number of fused-ring (bicyclic) bond motifs is 1. The Morgan fingerprint density at radius 3 is 2.53 bits per heavy atom. The second-order valence-corrected chi connectivity index (χ2v) is 7.49. The molecule has 0 saturated heterocycles. The van der Waals surface area contributed by atoms with Crippen molar-refractivity contribution in [3.05, 3.63) is 100 Å². The number of nitro groups is 1. The van der Waals surface area contributed by atoms with Gasteiger partial charge in [0, 0.05) is 46.4 Å². The smallest absolute Gasteiger partial charge is 0.273 e. The largest absolute Gasteiger partial charge is 0.322 e. The monoisotopic (exact) mass is 451 g/mol. The number of carbonyl (C=O) groups is 1. The summed E-state index contributed by atoms with van der Waals surface area (Å²) in [7, 11) is 0. The van der Waals surface area contributed by atoms with Crippen LogP contribution in [0.25, 0.3) is 28.3 Å². The van der Waals surface area contributed by atoms with Crippen LogP contribution in [0.4, 0.5) is 11.4 Å². The lowest BCUT2D eigenvalue weighted by atomic mass is 10.1. The summed E-state index contributed by atoms with van der Waals surface area (Å²) in [6.45, 7) is 1.56. The fraction of sp³-hybridized carbons (Fsp3) is 0.0417. The molecule has 0 spiro atoms. The Balaban J connectivity index is 1.40. The van der Waals surface area contributed by atoms with E-state index >= 15 is 0 Å². The van der Waals surface area contributed by atoms with Crippen molar-refractivity contribution in [3.63, 3.8) is 0 Å². The number of hydrogen-bond acceptors (Lipinski definition) is 7. The van der Waals surface area contributed by atoms with E-state index in [-0.39, 0.29) is 11.3 Å². The van der Waals surface area contributed by atoms with Crippen LogP contribution < -0.4 is 5.32 Å². The number of nitrogens with one attached hydrogen (secondary N) is 1. The molecule has 10 heteroatoms. The molecule has 3 aromatic heterocycles. The molecule has 0 aliphatic heterocycles. The summed E-state index contributed by atoms with van der Waals surface area (Å²) in [6, 6.07) is 19.0. The molecule has 166 valence electrons. The van der Waals surface area contributed by atoms with E-state index < -0.39 is 10.8 Å². The summed E-state index contributed by atoms with van der Waals surface area (Å²) in [5.74, 6) is 0.167. The Morgan fingerprint density at radius 2 is 1.79 bits per heavy atom. The third kappa shape index (κ3) is 3.84. The van der Waals surface area contributed by atoms with Crippen LogP contribution in [-0.2, 0) is 0 Å². The lowest BCUT2D eigenvalue weighted by molar-refractivity contribution is -0.385. The Labute approximate surface area is 193 Å². The maximum Gasteiger partial charge on any atom is 0.273 e. The molecule has 2 aromatic carbocycles. The minimum Gasteiger partial charge on any atom is -0.322 e. The molecular formula is C24H17N7O3. The zero-order valence-corrected chi connectivity index (χ0v) is 17.9. The van der Waals surface area contributed by atoms with Gasteiger partial charge in [-0.15, -0.1) is 10.2 Å². The molecule has 0 fully saturated rings. The highest BCUT2D eigenvalue weighted by atomic mass is 16.6. The average Bonchev–Trinajstić information content (AvgIpc) is 3.28. The minimum atomic E-state index is -0.500. The van der Waals surface area contributed by atoms with E-state index in [0.29, 0.717) is 28.4 Å². The van der Waals surface area contributed by atoms with Gasteiger partial charge in [0.1, 0.15) is 0 Å². The summed E-state index contributed by atoms with van der Waals surface area (Å²) in [5.41, 5.74) is 3.97. The van der Waals surface area contributed by atoms with E-state index in [1.54, 1.807) is 42.0 Å². The zero-order chi connectivity index (χ0) is 23.7. The van der Waals surface area contributed by atoms with Crippen molar-refractivity contribution in [1.82, 2.24) is 24.8 Å². The van der Waals surface area contributed by atoms with Gasteiger partial charge < -0.3 is 5.32 Å². The number of nitrogens with zero attached hydrogens (tertiary/aromatic N) is 6. The predicted octanol–water partition coefficient (Wildman–Crippen LogP) is 4.32. The van der Waals surface area contributed by atoms with Gasteiger partial charge >= 0.3 is 0 Å². The van der Waals surface area contributed by atoms with Gasteiger partial charge in [-0.3, -0.25) is 19.9 Å². The van der Waals surface area contributed by atoms with Crippen LogP contribution in [0.3, 0.4) is 0 Å². The highest BCUT2D eigenvalue weighted by molar-refractivity contribution is 6.05. The summed E-state index contributed by atoms with van der Waals surface area (Å²) in [5, 5.41) is 27.0. The highest BCUT2D eigenvalue weighted by Crippen LogP contribution is 2.24. The highest BCUT2D eigenvalue weighted by Gasteiger charge is 2.18. The molecule has 0 unspecified atom stereocenters. The van der Waals surface area contributed by atoms with Gasteiger partial charge in [0.05, 0.1) is 10.6 Å². The molecule has 0 aliphatic carbocycles. The molecule has 0 radical (unpaired) electrons. The Bertz CT molecular complexity index is 1530. The molecule has 3 heterocycles. The molecular weight excluding hydrogens is 434 g/mol. The van der Waals surface area contributed by atoms with Gasteiger partial charge in [0.25, 0.3) is 11.6 Å². The van der Waals surface area contributed by atoms with Gasteiger partial charge in [-0.2, -0.15) is 9.61 Å². The number of aromatic nitrogens is 5. The topological polar surface area (TPSA) is 128 Å². The average molecular weight is 451 g/mol. The number of anilines is 1. The van der Waals surface area contributed by atoms with Crippen molar-refractivity contribution in [1.29, 1.82) is 0 Å². The summed E-state index contributed by atoms with van der Waals surface area (Å²) >= 11 is 0. The van der Waals surface area contributed by atoms with Crippen LogP contribution in [0.1, 0.15) is 15.9 Å². The molecule has 0 bridgehead atoms. The van der Waals surface area contributed by atoms with E-state index in [2.05, 4.69) is 25.6 Å². The maximum atomic E-state index is 12.7. The molecule has 1 N–H and O–H groups in total. The van der Waals surface area contributed by atoms with Crippen LogP contribution in [0.15, 0.2) is 79.1 Å². The van der Waals surface area contributed by atoms with E-state index in [9.17, 15) is 14.9 Å². The van der Waals surface area contributed by atoms with Crippen molar-refractivity contribution < 1.29 is 9.72 Å². The van der Waals surface area contributed by atoms with E-state index in [1.165, 1.54) is 12.1 Å². The van der Waals surface area contributed by atoms with Crippen molar-refractivity contribution in [3.8, 4) is 22.6 Å². The quantitative estimate of drug-likeness (QED) is 0.311. The number of hydrogen-bond donors (Lipinski definition) is 1. The van der Waals surface area contributed by atoms with Crippen molar-refractivity contribution >= 4 is 22.9 Å². The molecule has 34 heavy (non-hydrogen) atoms. The van der Waals surface area contributed by atoms with E-state index in [1.807, 2.05) is 36.4 Å². The van der Waals surface area contributed by atoms with Crippen LogP contribution >= 0.6 is 0 Å². The van der Waals surface area contributed by atoms with E-state index in [0.717, 1.165) is 11.1 Å². The Hall–Kier alpha value is -4.99. The summed E-state index contributed by atoms with van der Waals surface area (Å²) < 4.78 is 1.66. The molecule has 1 amide bonds. The van der Waals surface area contributed by atoms with Crippen LogP contribution in [0.5, 0.6) is 0 Å². The molecule has 0 saturated carbocycles. The van der Waals surface area contributed by atoms with Gasteiger partial charge in [0.15, 0.2) is 11.5 Å². The summed E-state index contributed by atoms with van der Waals surface area (Å²) in [6.07, 6.45) is 3.39. The first-order valence-electron chi connectivity index (χ1n) is 10.3. The second kappa shape index (κ2) is 8.51. The first-order chi connectivity index (χ1) is 16.5. The standard InChI is InChI=1S/C24H17N7O3/c1-15-19(5-2-6-21(15)31(33)34)24(32)26-18-9-7-16(8-10-18)20-11-12-22-27-28-23(30(22)29-20)17-4-3-13-25-14-17/h2-14H,1H3,(H,26,32). The van der Waals surface area contributed by atoms with Crippen LogP contribution in [0, 0.1) is 17.0 Å². The number of pyridine rings is 1. The fourth-order valence-electron chi connectivity index (χ4n) is 3.61. The zero-order valence-electron chi connectivity index (χ0n) is 17.9. The lowest BCUT2D eigenvalue weighted by Crippen LogP contribution is -2.14. The summed E-state index contributed by atoms with van der Waals surface area (Å²) in [4.78, 5) is 27.5. The lowest BCUT2D eigenvalue weighted by Gasteiger charge is -2.09. The third-order valence-corrected chi connectivity index (χ3v) is 5.37. The van der Waals surface area contributed by atoms with Gasteiger partial charge in [-0.25, -0.2) is 0 Å². The molecule has 0 aliphatic rings. The number of nitro benzene ring substituents is 1. The first-order valence-corrected chi connectivity index (χ1v) is 10.3. The molecule has 5 rings (SSSR count). The number of carbonyl (C=O) groups excluding carboxylic acids is 1. The number of rotatable bonds is 5. The first kappa shape index (κ1) is 20.9. The third-order valence-electron chi connectivity index (χ3n) is 5.37. The predicted molar refractivity (Wildman–Crippen MR) is 125 cm³/mol. The van der Waals surface area contributed by atoms with Gasteiger partial charge in [0.2, 0.25) is 0 Å². The molecule has 0 atom stereocenters. The molecule has 5 aromatic rings. The van der Waals surface area contributed by atoms with E-state index in [4.69, 9.17) is 0 Å². The second-order valence-electron chi connectivity index (χ2n) is 7.49. The Morgan fingerprint density at radius 1 is 0.971 bits per heavy atom. The normalized spacial score (nSPS) is 10.9. The van der Waals surface area contributed by atoms with Crippen molar-refractivity contribution in [2.45, 2.75) is 6.92 Å². The minimum absolute atomic E-state index is 0.0934. The van der Waals surface area contributed by atoms with Crippen LogP contribution in [0.2, 0.25) is 0 Å². The van der Waals surface area contributed by atoms with Crippen LogP contribution in [-0.4, -0.2) is 35.6 Å². The molecule has 10 nitrogen and oxygen atoms in total. The van der Waals surface area contributed by atoms with Crippen molar-refractivity contribution in [2.24, 2.45) is 0 Å². The number of amides is 1. The maximum absolute atomic E-state index is 12.7. The number of benzene rings is 2.